The summed E-state index contributed by atoms with van der Waals surface area (Å²) < 4.78 is 19.2. The molecule has 5 rings (SSSR count). The topological polar surface area (TPSA) is 95.9 Å². The van der Waals surface area contributed by atoms with Gasteiger partial charge in [-0.15, -0.1) is 0 Å². The van der Waals surface area contributed by atoms with Crippen LogP contribution >= 0.6 is 43.5 Å². The Bertz CT molecular complexity index is 1800. The lowest BCUT2D eigenvalue weighted by molar-refractivity contribution is -0.147. The summed E-state index contributed by atoms with van der Waals surface area (Å²) in [4.78, 5) is 30.2. The number of nitrogens with zero attached hydrogens (tertiary/aromatic N) is 3. The molecule has 0 amide bonds. The summed E-state index contributed by atoms with van der Waals surface area (Å²) in [6.45, 7) is 1.56. The van der Waals surface area contributed by atoms with Crippen molar-refractivity contribution in [2.75, 3.05) is 7.11 Å². The van der Waals surface area contributed by atoms with E-state index in [-0.39, 0.29) is 5.82 Å². The number of benzene rings is 3. The van der Waals surface area contributed by atoms with Crippen LogP contribution in [0.25, 0.3) is 33.5 Å². The largest absolute Gasteiger partial charge is 0.477 e. The molecule has 0 saturated carbocycles. The maximum absolute atomic E-state index is 13.6. The number of fused-ring (bicyclic) bond motifs is 2. The molecule has 8 nitrogen and oxygen atoms in total. The van der Waals surface area contributed by atoms with Gasteiger partial charge in [0.2, 0.25) is 5.82 Å². The molecule has 0 bridgehead atoms. The molecule has 0 saturated heterocycles. The van der Waals surface area contributed by atoms with E-state index in [2.05, 4.69) is 37.0 Å². The van der Waals surface area contributed by atoms with Gasteiger partial charge in [-0.1, -0.05) is 39.7 Å². The van der Waals surface area contributed by atoms with E-state index in [1.165, 1.54) is 13.3 Å². The fraction of sp³-hybridized carbons (Fsp3) is 0.111. The number of hydrogen-bond donors (Lipinski definition) is 0. The van der Waals surface area contributed by atoms with E-state index in [1.807, 2.05) is 18.2 Å². The van der Waals surface area contributed by atoms with E-state index in [1.54, 1.807) is 49.4 Å². The second kappa shape index (κ2) is 10.7. The van der Waals surface area contributed by atoms with Gasteiger partial charge in [0.15, 0.2) is 11.9 Å². The van der Waals surface area contributed by atoms with Gasteiger partial charge in [-0.05, 0) is 71.4 Å². The van der Waals surface area contributed by atoms with Gasteiger partial charge in [0.25, 0.3) is 5.56 Å². The molecule has 3 aromatic carbocycles. The van der Waals surface area contributed by atoms with Crippen LogP contribution in [-0.4, -0.2) is 35.1 Å². The number of halogens is 3. The quantitative estimate of drug-likeness (QED) is 0.147. The molecule has 2 heterocycles. The summed E-state index contributed by atoms with van der Waals surface area (Å²) in [5.41, 5.74) is 1.16. The summed E-state index contributed by atoms with van der Waals surface area (Å²) in [6.07, 6.45) is 0.511. The first kappa shape index (κ1) is 26.1. The average Bonchev–Trinajstić information content (AvgIpc) is 3.32. The lowest BCUT2D eigenvalue weighted by Gasteiger charge is -2.16. The summed E-state index contributed by atoms with van der Waals surface area (Å²) in [6, 6.07) is 17.6. The van der Waals surface area contributed by atoms with Gasteiger partial charge in [0, 0.05) is 20.4 Å². The van der Waals surface area contributed by atoms with Gasteiger partial charge in [0.1, 0.15) is 11.3 Å². The van der Waals surface area contributed by atoms with Crippen LogP contribution in [0.1, 0.15) is 12.5 Å². The zero-order valence-corrected chi connectivity index (χ0v) is 23.9. The average molecular weight is 660 g/mol. The summed E-state index contributed by atoms with van der Waals surface area (Å²) >= 11 is 13.2. The maximum Gasteiger partial charge on any atom is 0.346 e. The number of carbonyl (C=O) groups is 1. The minimum atomic E-state index is -0.903. The number of hydrogen-bond acceptors (Lipinski definition) is 7. The lowest BCUT2D eigenvalue weighted by Crippen LogP contribution is -2.25. The molecule has 0 aliphatic rings. The Hall–Kier alpha value is -3.47. The third kappa shape index (κ3) is 5.11. The van der Waals surface area contributed by atoms with Crippen LogP contribution in [0.2, 0.25) is 5.02 Å². The van der Waals surface area contributed by atoms with E-state index in [0.717, 1.165) is 14.5 Å². The predicted molar refractivity (Wildman–Crippen MR) is 153 cm³/mol. The molecule has 0 N–H and O–H groups in total. The van der Waals surface area contributed by atoms with Crippen molar-refractivity contribution in [3.8, 4) is 17.3 Å². The Labute approximate surface area is 238 Å². The molecule has 0 aliphatic heterocycles. The van der Waals surface area contributed by atoms with Crippen molar-refractivity contribution in [2.45, 2.75) is 13.0 Å². The van der Waals surface area contributed by atoms with E-state index in [9.17, 15) is 9.59 Å². The van der Waals surface area contributed by atoms with Gasteiger partial charge in [-0.2, -0.15) is 9.78 Å². The Morgan fingerprint density at radius 1 is 1.16 bits per heavy atom. The number of rotatable bonds is 6. The van der Waals surface area contributed by atoms with Gasteiger partial charge in [0.05, 0.1) is 28.7 Å². The van der Waals surface area contributed by atoms with Crippen molar-refractivity contribution in [3.63, 3.8) is 0 Å². The van der Waals surface area contributed by atoms with Crippen LogP contribution in [0.5, 0.6) is 5.75 Å². The minimum Gasteiger partial charge on any atom is -0.477 e. The number of carbonyl (C=O) groups excluding carboxylic acids is 1. The molecular weight excluding hydrogens is 642 g/mol. The van der Waals surface area contributed by atoms with Crippen molar-refractivity contribution < 1.29 is 18.7 Å². The van der Waals surface area contributed by atoms with Crippen LogP contribution in [0, 0.1) is 0 Å². The number of methoxy groups -OCH3 is 1. The fourth-order valence-electron chi connectivity index (χ4n) is 3.83. The monoisotopic (exact) mass is 657 g/mol. The van der Waals surface area contributed by atoms with Crippen molar-refractivity contribution in [1.82, 2.24) is 9.66 Å². The standard InChI is InChI=1S/C27H18Br2ClN3O5/c1-14(27(35)36-2)37-24-16(10-18(30)12-20(24)29)13-31-33-25(32-21-6-4-3-5-19(21)26(33)34)23-11-15-9-17(28)7-8-22(15)38-23/h3-14H,1-2H3/t14-/m0/s1. The Balaban J connectivity index is 1.68. The zero-order valence-electron chi connectivity index (χ0n) is 19.9. The number of ether oxygens (including phenoxy) is 2. The molecule has 38 heavy (non-hydrogen) atoms. The van der Waals surface area contributed by atoms with Crippen LogP contribution in [0.3, 0.4) is 0 Å². The summed E-state index contributed by atoms with van der Waals surface area (Å²) in [5.74, 6) is 0.321. The molecule has 0 spiro atoms. The number of aromatic nitrogens is 2. The van der Waals surface area contributed by atoms with Crippen LogP contribution in [0.15, 0.2) is 83.9 Å². The van der Waals surface area contributed by atoms with E-state index in [0.29, 0.717) is 43.1 Å². The highest BCUT2D eigenvalue weighted by Gasteiger charge is 2.20. The smallest absolute Gasteiger partial charge is 0.346 e. The van der Waals surface area contributed by atoms with E-state index >= 15 is 0 Å². The molecule has 0 unspecified atom stereocenters. The number of furan rings is 1. The van der Waals surface area contributed by atoms with Crippen molar-refractivity contribution in [1.29, 1.82) is 0 Å². The molecule has 192 valence electrons. The zero-order chi connectivity index (χ0) is 27.0. The van der Waals surface area contributed by atoms with Crippen molar-refractivity contribution >= 4 is 77.5 Å². The van der Waals surface area contributed by atoms with Gasteiger partial charge in [-0.3, -0.25) is 4.79 Å². The van der Waals surface area contributed by atoms with Crippen LogP contribution < -0.4 is 10.3 Å². The first-order valence-corrected chi connectivity index (χ1v) is 13.2. The minimum absolute atomic E-state index is 0.212. The second-order valence-corrected chi connectivity index (χ2v) is 10.4. The normalized spacial score (nSPS) is 12.3. The van der Waals surface area contributed by atoms with Crippen molar-refractivity contribution in [2.24, 2.45) is 5.10 Å². The summed E-state index contributed by atoms with van der Waals surface area (Å²) in [5, 5.41) is 6.09. The molecule has 5 aromatic rings. The third-order valence-corrected chi connectivity index (χ3v) is 6.93. The molecule has 1 atom stereocenters. The fourth-order valence-corrected chi connectivity index (χ4v) is 5.13. The van der Waals surface area contributed by atoms with E-state index < -0.39 is 17.6 Å². The molecule has 2 aromatic heterocycles. The molecule has 0 radical (unpaired) electrons. The molecule has 0 fully saturated rings. The Kier molecular flexibility index (Phi) is 7.38. The summed E-state index contributed by atoms with van der Waals surface area (Å²) in [7, 11) is 1.28. The predicted octanol–water partition coefficient (Wildman–Crippen LogP) is 6.81. The molecular formula is C27H18Br2ClN3O5. The second-order valence-electron chi connectivity index (χ2n) is 8.20. The third-order valence-electron chi connectivity index (χ3n) is 5.63. The lowest BCUT2D eigenvalue weighted by atomic mass is 10.2. The number of para-hydroxylation sites is 1. The highest BCUT2D eigenvalue weighted by molar-refractivity contribution is 9.10. The highest BCUT2D eigenvalue weighted by atomic mass is 79.9. The Morgan fingerprint density at radius 2 is 1.95 bits per heavy atom. The van der Waals surface area contributed by atoms with Gasteiger partial charge >= 0.3 is 5.97 Å². The maximum atomic E-state index is 13.6. The van der Waals surface area contributed by atoms with Crippen LogP contribution in [0.4, 0.5) is 0 Å². The molecule has 0 aliphatic carbocycles. The highest BCUT2D eigenvalue weighted by Crippen LogP contribution is 2.33. The molecule has 11 heteroatoms. The van der Waals surface area contributed by atoms with Crippen molar-refractivity contribution in [3.05, 3.63) is 90.5 Å². The van der Waals surface area contributed by atoms with E-state index in [4.69, 9.17) is 30.5 Å². The SMILES string of the molecule is COC(=O)[C@H](C)Oc1c(Br)cc(Cl)cc1C=Nn1c(-c2cc3cc(Br)ccc3o2)nc2ccccc2c1=O. The van der Waals surface area contributed by atoms with Gasteiger partial charge < -0.3 is 13.9 Å². The number of esters is 1. The van der Waals surface area contributed by atoms with Gasteiger partial charge in [-0.25, -0.2) is 9.78 Å². The first-order valence-electron chi connectivity index (χ1n) is 11.2. The Morgan fingerprint density at radius 3 is 2.74 bits per heavy atom. The van der Waals surface area contributed by atoms with Crippen LogP contribution in [-0.2, 0) is 9.53 Å². The first-order chi connectivity index (χ1) is 18.2.